The second-order valence-electron chi connectivity index (χ2n) is 7.11. The number of aryl methyl sites for hydroxylation is 2. The van der Waals surface area contributed by atoms with Crippen molar-refractivity contribution in [1.29, 1.82) is 0 Å². The van der Waals surface area contributed by atoms with Crippen LogP contribution in [-0.4, -0.2) is 29.8 Å². The van der Waals surface area contributed by atoms with Crippen LogP contribution in [0.1, 0.15) is 29.5 Å². The van der Waals surface area contributed by atoms with Crippen LogP contribution in [0.15, 0.2) is 48.5 Å². The summed E-state index contributed by atoms with van der Waals surface area (Å²) in [6.07, 6.45) is 1.88. The number of piperidine rings is 1. The van der Waals surface area contributed by atoms with Gasteiger partial charge in [0.2, 0.25) is 11.8 Å². The molecule has 2 aromatic carbocycles. The SMILES string of the molecule is Cc1ccc(NC(=O)C2CCN(C(=O)Cc3ccccc3C)CC2)cc1. The number of rotatable bonds is 4. The van der Waals surface area contributed by atoms with Gasteiger partial charge in [0.15, 0.2) is 0 Å². The normalized spacial score (nSPS) is 14.9. The lowest BCUT2D eigenvalue weighted by molar-refractivity contribution is -0.133. The summed E-state index contributed by atoms with van der Waals surface area (Å²) >= 11 is 0. The predicted molar refractivity (Wildman–Crippen MR) is 104 cm³/mol. The minimum atomic E-state index is -0.0289. The third kappa shape index (κ3) is 4.51. The van der Waals surface area contributed by atoms with Crippen LogP contribution in [-0.2, 0) is 16.0 Å². The Labute approximate surface area is 155 Å². The van der Waals surface area contributed by atoms with Crippen molar-refractivity contribution in [3.63, 3.8) is 0 Å². The minimum absolute atomic E-state index is 0.0289. The summed E-state index contributed by atoms with van der Waals surface area (Å²) < 4.78 is 0. The predicted octanol–water partition coefficient (Wildman–Crippen LogP) is 3.72. The molecule has 0 spiro atoms. The van der Waals surface area contributed by atoms with E-state index >= 15 is 0 Å². The Bertz CT molecular complexity index is 775. The number of anilines is 1. The Morgan fingerprint density at radius 1 is 1.00 bits per heavy atom. The Kier molecular flexibility index (Phi) is 5.71. The van der Waals surface area contributed by atoms with Crippen LogP contribution < -0.4 is 5.32 Å². The summed E-state index contributed by atoms with van der Waals surface area (Å²) in [7, 11) is 0. The molecule has 0 bridgehead atoms. The molecule has 1 aliphatic rings. The summed E-state index contributed by atoms with van der Waals surface area (Å²) in [5.41, 5.74) is 4.23. The van der Waals surface area contributed by atoms with Gasteiger partial charge in [-0.2, -0.15) is 0 Å². The zero-order valence-corrected chi connectivity index (χ0v) is 15.5. The molecule has 0 radical (unpaired) electrons. The lowest BCUT2D eigenvalue weighted by Crippen LogP contribution is -2.42. The van der Waals surface area contributed by atoms with Crippen LogP contribution in [0, 0.1) is 19.8 Å². The Morgan fingerprint density at radius 2 is 1.65 bits per heavy atom. The first kappa shape index (κ1) is 18.2. The molecule has 0 aromatic heterocycles. The first-order chi connectivity index (χ1) is 12.5. The zero-order chi connectivity index (χ0) is 18.5. The summed E-state index contributed by atoms with van der Waals surface area (Å²) in [4.78, 5) is 26.9. The molecule has 26 heavy (non-hydrogen) atoms. The maximum Gasteiger partial charge on any atom is 0.227 e. The summed E-state index contributed by atoms with van der Waals surface area (Å²) in [6.45, 7) is 5.35. The van der Waals surface area contributed by atoms with E-state index in [0.717, 1.165) is 29.7 Å². The van der Waals surface area contributed by atoms with Gasteiger partial charge in [0, 0.05) is 24.7 Å². The van der Waals surface area contributed by atoms with Crippen LogP contribution in [0.2, 0.25) is 0 Å². The summed E-state index contributed by atoms with van der Waals surface area (Å²) in [6, 6.07) is 15.8. The topological polar surface area (TPSA) is 49.4 Å². The van der Waals surface area contributed by atoms with E-state index in [1.165, 1.54) is 5.56 Å². The van der Waals surface area contributed by atoms with Gasteiger partial charge in [-0.25, -0.2) is 0 Å². The van der Waals surface area contributed by atoms with Gasteiger partial charge in [-0.05, 0) is 49.9 Å². The van der Waals surface area contributed by atoms with Crippen LogP contribution >= 0.6 is 0 Å². The molecular weight excluding hydrogens is 324 g/mol. The number of carbonyl (C=O) groups excluding carboxylic acids is 2. The Balaban J connectivity index is 1.50. The van der Waals surface area contributed by atoms with Crippen molar-refractivity contribution in [2.75, 3.05) is 18.4 Å². The molecule has 2 aromatic rings. The van der Waals surface area contributed by atoms with Crippen molar-refractivity contribution in [1.82, 2.24) is 4.90 Å². The van der Waals surface area contributed by atoms with Gasteiger partial charge in [-0.1, -0.05) is 42.0 Å². The van der Waals surface area contributed by atoms with Crippen molar-refractivity contribution in [3.05, 3.63) is 65.2 Å². The fraction of sp³-hybridized carbons (Fsp3) is 0.364. The van der Waals surface area contributed by atoms with Crippen LogP contribution in [0.25, 0.3) is 0 Å². The van der Waals surface area contributed by atoms with Gasteiger partial charge in [0.1, 0.15) is 0 Å². The zero-order valence-electron chi connectivity index (χ0n) is 15.5. The van der Waals surface area contributed by atoms with Crippen molar-refractivity contribution in [2.24, 2.45) is 5.92 Å². The molecule has 4 heteroatoms. The smallest absolute Gasteiger partial charge is 0.227 e. The van der Waals surface area contributed by atoms with E-state index in [1.54, 1.807) is 0 Å². The number of benzene rings is 2. The highest BCUT2D eigenvalue weighted by atomic mass is 16.2. The Morgan fingerprint density at radius 3 is 2.31 bits per heavy atom. The molecule has 0 aliphatic carbocycles. The van der Waals surface area contributed by atoms with Crippen molar-refractivity contribution < 1.29 is 9.59 Å². The highest BCUT2D eigenvalue weighted by molar-refractivity contribution is 5.92. The van der Waals surface area contributed by atoms with E-state index in [-0.39, 0.29) is 17.7 Å². The van der Waals surface area contributed by atoms with E-state index in [1.807, 2.05) is 67.3 Å². The standard InChI is InChI=1S/C22H26N2O2/c1-16-7-9-20(10-8-16)23-22(26)18-11-13-24(14-12-18)21(25)15-19-6-4-3-5-17(19)2/h3-10,18H,11-15H2,1-2H3,(H,23,26). The number of amides is 2. The second-order valence-corrected chi connectivity index (χ2v) is 7.11. The molecular formula is C22H26N2O2. The number of nitrogens with zero attached hydrogens (tertiary/aromatic N) is 1. The molecule has 0 unspecified atom stereocenters. The molecule has 4 nitrogen and oxygen atoms in total. The van der Waals surface area contributed by atoms with E-state index in [2.05, 4.69) is 5.32 Å². The van der Waals surface area contributed by atoms with Gasteiger partial charge in [0.05, 0.1) is 6.42 Å². The van der Waals surface area contributed by atoms with Crippen LogP contribution in [0.5, 0.6) is 0 Å². The second kappa shape index (κ2) is 8.17. The highest BCUT2D eigenvalue weighted by Crippen LogP contribution is 2.21. The van der Waals surface area contributed by atoms with E-state index in [0.29, 0.717) is 19.5 Å². The molecule has 1 fully saturated rings. The Hall–Kier alpha value is -2.62. The maximum absolute atomic E-state index is 12.5. The van der Waals surface area contributed by atoms with Crippen molar-refractivity contribution in [3.8, 4) is 0 Å². The molecule has 0 saturated carbocycles. The fourth-order valence-electron chi connectivity index (χ4n) is 3.36. The quantitative estimate of drug-likeness (QED) is 0.913. The van der Waals surface area contributed by atoms with Crippen LogP contribution in [0.3, 0.4) is 0 Å². The third-order valence-corrected chi connectivity index (χ3v) is 5.14. The molecule has 1 heterocycles. The van der Waals surface area contributed by atoms with E-state index < -0.39 is 0 Å². The van der Waals surface area contributed by atoms with Gasteiger partial charge in [0.25, 0.3) is 0 Å². The first-order valence-electron chi connectivity index (χ1n) is 9.23. The van der Waals surface area contributed by atoms with Crippen molar-refractivity contribution in [2.45, 2.75) is 33.1 Å². The molecule has 3 rings (SSSR count). The van der Waals surface area contributed by atoms with Gasteiger partial charge < -0.3 is 10.2 Å². The summed E-state index contributed by atoms with van der Waals surface area (Å²) in [5.74, 6) is 0.176. The largest absolute Gasteiger partial charge is 0.342 e. The van der Waals surface area contributed by atoms with Crippen molar-refractivity contribution >= 4 is 17.5 Å². The van der Waals surface area contributed by atoms with Gasteiger partial charge >= 0.3 is 0 Å². The van der Waals surface area contributed by atoms with E-state index in [4.69, 9.17) is 0 Å². The third-order valence-electron chi connectivity index (χ3n) is 5.14. The minimum Gasteiger partial charge on any atom is -0.342 e. The maximum atomic E-state index is 12.5. The number of likely N-dealkylation sites (tertiary alicyclic amines) is 1. The number of hydrogen-bond donors (Lipinski definition) is 1. The lowest BCUT2D eigenvalue weighted by atomic mass is 9.95. The average molecular weight is 350 g/mol. The number of carbonyl (C=O) groups is 2. The van der Waals surface area contributed by atoms with Gasteiger partial charge in [-0.3, -0.25) is 9.59 Å². The molecule has 0 atom stereocenters. The molecule has 136 valence electrons. The van der Waals surface area contributed by atoms with Crippen LogP contribution in [0.4, 0.5) is 5.69 Å². The lowest BCUT2D eigenvalue weighted by Gasteiger charge is -2.31. The van der Waals surface area contributed by atoms with Gasteiger partial charge in [-0.15, -0.1) is 0 Å². The highest BCUT2D eigenvalue weighted by Gasteiger charge is 2.27. The van der Waals surface area contributed by atoms with E-state index in [9.17, 15) is 9.59 Å². The monoisotopic (exact) mass is 350 g/mol. The first-order valence-corrected chi connectivity index (χ1v) is 9.23. The fourth-order valence-corrected chi connectivity index (χ4v) is 3.36. The molecule has 1 aliphatic heterocycles. The molecule has 1 N–H and O–H groups in total. The molecule has 2 amide bonds. The number of hydrogen-bond acceptors (Lipinski definition) is 2. The molecule has 1 saturated heterocycles. The summed E-state index contributed by atoms with van der Waals surface area (Å²) in [5, 5.41) is 2.99. The number of nitrogens with one attached hydrogen (secondary N) is 1. The average Bonchev–Trinajstić information content (AvgIpc) is 2.65.